The number of para-hydroxylation sites is 3. The molecule has 0 aliphatic heterocycles. The van der Waals surface area contributed by atoms with E-state index >= 15 is 0 Å². The first kappa shape index (κ1) is 31.0. The van der Waals surface area contributed by atoms with Crippen molar-refractivity contribution in [3.05, 3.63) is 197 Å². The Morgan fingerprint density at radius 1 is 0.633 bits per heavy atom. The van der Waals surface area contributed by atoms with E-state index in [0.717, 1.165) is 25.7 Å². The second-order valence-corrected chi connectivity index (χ2v) is 14.1. The molecule has 2 atom stereocenters. The number of hydrogen-bond acceptors (Lipinski definition) is 2. The third kappa shape index (κ3) is 6.08. The molecule has 0 aromatic heterocycles. The molecular weight excluding hydrogens is 593 g/mol. The average molecular weight is 637 g/mol. The zero-order chi connectivity index (χ0) is 33.2. The normalized spacial score (nSPS) is 20.7. The number of anilines is 4. The van der Waals surface area contributed by atoms with Crippen LogP contribution in [0.5, 0.6) is 0 Å². The van der Waals surface area contributed by atoms with Crippen LogP contribution >= 0.6 is 0 Å². The molecular formula is C47H44N2. The van der Waals surface area contributed by atoms with Gasteiger partial charge in [-0.05, 0) is 103 Å². The van der Waals surface area contributed by atoms with Gasteiger partial charge in [-0.25, -0.2) is 0 Å². The summed E-state index contributed by atoms with van der Waals surface area (Å²) in [6, 6.07) is 41.7. The van der Waals surface area contributed by atoms with Crippen molar-refractivity contribution in [2.75, 3.05) is 9.80 Å². The van der Waals surface area contributed by atoms with Gasteiger partial charge in [-0.3, -0.25) is 0 Å². The van der Waals surface area contributed by atoms with Gasteiger partial charge >= 0.3 is 0 Å². The van der Waals surface area contributed by atoms with E-state index in [2.05, 4.69) is 194 Å². The fraction of sp³-hybridized carbons (Fsp3) is 0.191. The van der Waals surface area contributed by atoms with Crippen molar-refractivity contribution in [2.45, 2.75) is 45.6 Å². The van der Waals surface area contributed by atoms with Crippen LogP contribution in [0.1, 0.15) is 45.1 Å². The Morgan fingerprint density at radius 2 is 1.20 bits per heavy atom. The predicted molar refractivity (Wildman–Crippen MR) is 208 cm³/mol. The smallest absolute Gasteiger partial charge is 0.0563 e. The molecule has 49 heavy (non-hydrogen) atoms. The summed E-state index contributed by atoms with van der Waals surface area (Å²) in [5, 5.41) is 0. The molecule has 0 saturated heterocycles. The third-order valence-corrected chi connectivity index (χ3v) is 10.7. The van der Waals surface area contributed by atoms with Crippen molar-refractivity contribution < 1.29 is 0 Å². The second kappa shape index (κ2) is 13.3. The number of allylic oxidation sites excluding steroid dienone is 11. The molecule has 0 bridgehead atoms. The summed E-state index contributed by atoms with van der Waals surface area (Å²) in [6.07, 6.45) is 25.2. The number of fused-ring (bicyclic) bond motifs is 1. The summed E-state index contributed by atoms with van der Waals surface area (Å²) < 4.78 is 0. The van der Waals surface area contributed by atoms with Crippen LogP contribution in [-0.4, -0.2) is 6.04 Å². The van der Waals surface area contributed by atoms with E-state index in [1.165, 1.54) is 45.2 Å². The van der Waals surface area contributed by atoms with Gasteiger partial charge in [-0.1, -0.05) is 140 Å². The molecule has 4 aliphatic rings. The van der Waals surface area contributed by atoms with Gasteiger partial charge in [-0.15, -0.1) is 0 Å². The summed E-state index contributed by atoms with van der Waals surface area (Å²) >= 11 is 0. The predicted octanol–water partition coefficient (Wildman–Crippen LogP) is 12.4. The molecule has 0 amide bonds. The molecule has 2 unspecified atom stereocenters. The maximum atomic E-state index is 2.50. The van der Waals surface area contributed by atoms with Gasteiger partial charge in [0.1, 0.15) is 0 Å². The van der Waals surface area contributed by atoms with Crippen LogP contribution in [0.3, 0.4) is 0 Å². The number of rotatable bonds is 8. The van der Waals surface area contributed by atoms with Gasteiger partial charge in [0.15, 0.2) is 0 Å². The molecule has 0 fully saturated rings. The van der Waals surface area contributed by atoms with Crippen LogP contribution in [0.25, 0.3) is 6.08 Å². The lowest BCUT2D eigenvalue weighted by Gasteiger charge is -2.37. The maximum absolute atomic E-state index is 2.50. The van der Waals surface area contributed by atoms with Crippen LogP contribution in [0.2, 0.25) is 0 Å². The topological polar surface area (TPSA) is 6.48 Å². The van der Waals surface area contributed by atoms with Crippen molar-refractivity contribution in [3.63, 3.8) is 0 Å². The fourth-order valence-electron chi connectivity index (χ4n) is 8.12. The Bertz CT molecular complexity index is 1980. The summed E-state index contributed by atoms with van der Waals surface area (Å²) in [5.41, 5.74) is 13.5. The zero-order valence-electron chi connectivity index (χ0n) is 28.5. The largest absolute Gasteiger partial charge is 0.334 e. The highest BCUT2D eigenvalue weighted by Gasteiger charge is 2.42. The van der Waals surface area contributed by atoms with Crippen LogP contribution in [-0.2, 0) is 0 Å². The van der Waals surface area contributed by atoms with Gasteiger partial charge in [0.25, 0.3) is 0 Å². The Labute approximate surface area is 292 Å². The highest BCUT2D eigenvalue weighted by molar-refractivity contribution is 5.71. The molecule has 0 radical (unpaired) electrons. The van der Waals surface area contributed by atoms with Crippen molar-refractivity contribution in [1.82, 2.24) is 0 Å². The highest BCUT2D eigenvalue weighted by Crippen LogP contribution is 2.55. The van der Waals surface area contributed by atoms with E-state index < -0.39 is 0 Å². The first-order chi connectivity index (χ1) is 24.1. The third-order valence-electron chi connectivity index (χ3n) is 10.7. The zero-order valence-corrected chi connectivity index (χ0v) is 28.5. The van der Waals surface area contributed by atoms with Crippen molar-refractivity contribution >= 4 is 28.8 Å². The van der Waals surface area contributed by atoms with Crippen LogP contribution in [0.4, 0.5) is 22.7 Å². The molecule has 0 N–H and O–H groups in total. The first-order valence-electron chi connectivity index (χ1n) is 17.8. The Hall–Kier alpha value is -5.34. The maximum Gasteiger partial charge on any atom is 0.0563 e. The molecule has 2 heteroatoms. The van der Waals surface area contributed by atoms with Gasteiger partial charge in [0, 0.05) is 33.9 Å². The quantitative estimate of drug-likeness (QED) is 0.190. The molecule has 2 nitrogen and oxygen atoms in total. The average Bonchev–Trinajstić information content (AvgIpc) is 3.38. The van der Waals surface area contributed by atoms with Crippen LogP contribution in [0.15, 0.2) is 192 Å². The van der Waals surface area contributed by atoms with Crippen molar-refractivity contribution in [2.24, 2.45) is 11.3 Å². The first-order valence-corrected chi connectivity index (χ1v) is 17.8. The van der Waals surface area contributed by atoms with E-state index in [1.54, 1.807) is 11.1 Å². The Balaban J connectivity index is 0.983. The lowest BCUT2D eigenvalue weighted by molar-refractivity contribution is 0.481. The minimum Gasteiger partial charge on any atom is -0.334 e. The van der Waals surface area contributed by atoms with E-state index in [9.17, 15) is 0 Å². The summed E-state index contributed by atoms with van der Waals surface area (Å²) in [5.74, 6) is 0.379. The minimum absolute atomic E-state index is 0.0229. The molecule has 8 rings (SSSR count). The van der Waals surface area contributed by atoms with E-state index in [-0.39, 0.29) is 11.5 Å². The Kier molecular flexibility index (Phi) is 8.39. The molecule has 242 valence electrons. The van der Waals surface area contributed by atoms with E-state index in [4.69, 9.17) is 0 Å². The standard InChI is InChI=1S/C47H44N2/c1-47(2)45-33-36(24-23-35-25-28-41(29-26-35)48(37-15-7-3-8-16-37)38-17-9-4-10-18-38)27-31-43(45)44-32-30-42(34-46(44)47)49(39-19-11-5-12-20-39)40-21-13-6-14-22-40/h3-9,11-17,19-32,36,42H,10,18,33-34H2,1-2H3/b24-23+. The number of hydrogen-bond donors (Lipinski definition) is 0. The molecule has 0 heterocycles. The molecule has 0 spiro atoms. The number of benzene rings is 4. The minimum atomic E-state index is 0.0229. The molecule has 0 saturated carbocycles. The van der Waals surface area contributed by atoms with E-state index in [0.29, 0.717) is 5.92 Å². The van der Waals surface area contributed by atoms with Gasteiger partial charge in [-0.2, -0.15) is 0 Å². The lowest BCUT2D eigenvalue weighted by atomic mass is 9.73. The summed E-state index contributed by atoms with van der Waals surface area (Å²) in [7, 11) is 0. The highest BCUT2D eigenvalue weighted by atomic mass is 15.2. The van der Waals surface area contributed by atoms with Crippen LogP contribution < -0.4 is 9.80 Å². The van der Waals surface area contributed by atoms with Crippen molar-refractivity contribution in [3.8, 4) is 0 Å². The SMILES string of the molecule is CC1(C)C2=C(C=CC(/C=C/c3ccc(N(C4=CC=CCC4)c4ccccc4)cc3)C2)C2=C1CC(N(c1ccccc1)c1ccccc1)C=C2. The monoisotopic (exact) mass is 636 g/mol. The van der Waals surface area contributed by atoms with Gasteiger partial charge in [0.2, 0.25) is 0 Å². The molecule has 4 aromatic carbocycles. The van der Waals surface area contributed by atoms with Gasteiger partial charge < -0.3 is 9.80 Å². The van der Waals surface area contributed by atoms with E-state index in [1.807, 2.05) is 0 Å². The summed E-state index contributed by atoms with van der Waals surface area (Å²) in [4.78, 5) is 4.90. The number of nitrogens with zero attached hydrogens (tertiary/aromatic N) is 2. The molecule has 4 aromatic rings. The second-order valence-electron chi connectivity index (χ2n) is 14.1. The summed E-state index contributed by atoms with van der Waals surface area (Å²) in [6.45, 7) is 4.90. The van der Waals surface area contributed by atoms with Crippen molar-refractivity contribution in [1.29, 1.82) is 0 Å². The van der Waals surface area contributed by atoms with Crippen LogP contribution in [0, 0.1) is 11.3 Å². The Morgan fingerprint density at radius 3 is 1.82 bits per heavy atom. The fourth-order valence-corrected chi connectivity index (χ4v) is 8.12. The van der Waals surface area contributed by atoms with Gasteiger partial charge in [0.05, 0.1) is 6.04 Å². The lowest BCUT2D eigenvalue weighted by Crippen LogP contribution is -2.33. The molecule has 4 aliphatic carbocycles.